The van der Waals surface area contributed by atoms with Crippen molar-refractivity contribution in [2.24, 2.45) is 5.92 Å². The molecule has 0 radical (unpaired) electrons. The summed E-state index contributed by atoms with van der Waals surface area (Å²) >= 11 is 0. The largest absolute Gasteiger partial charge is 0.481 e. The van der Waals surface area contributed by atoms with Crippen LogP contribution in [0.5, 0.6) is 0 Å². The summed E-state index contributed by atoms with van der Waals surface area (Å²) in [5, 5.41) is 9.47. The van der Waals surface area contributed by atoms with Gasteiger partial charge in [0.15, 0.2) is 0 Å². The molecule has 1 aromatic carbocycles. The molecule has 1 N–H and O–H groups in total. The Morgan fingerprint density at radius 3 is 2.53 bits per heavy atom. The Kier molecular flexibility index (Phi) is 3.68. The molecule has 0 aromatic heterocycles. The van der Waals surface area contributed by atoms with Crippen LogP contribution in [0.2, 0.25) is 0 Å². The number of hydrogen-bond donors (Lipinski definition) is 1. The molecule has 0 amide bonds. The van der Waals surface area contributed by atoms with Crippen molar-refractivity contribution >= 4 is 5.97 Å². The second-order valence-electron chi connectivity index (χ2n) is 6.54. The van der Waals surface area contributed by atoms with Crippen molar-refractivity contribution in [2.45, 2.75) is 39.2 Å². The van der Waals surface area contributed by atoms with Gasteiger partial charge in [-0.1, -0.05) is 29.8 Å². The fourth-order valence-corrected chi connectivity index (χ4v) is 2.84. The van der Waals surface area contributed by atoms with E-state index in [-0.39, 0.29) is 17.4 Å². The lowest BCUT2D eigenvalue weighted by Gasteiger charge is -2.31. The summed E-state index contributed by atoms with van der Waals surface area (Å²) in [6, 6.07) is 8.24. The lowest BCUT2D eigenvalue weighted by molar-refractivity contribution is -0.141. The minimum absolute atomic E-state index is 0.0201. The van der Waals surface area contributed by atoms with E-state index in [0.29, 0.717) is 6.54 Å². The number of carboxylic acids is 1. The maximum Gasteiger partial charge on any atom is 0.308 e. The number of likely N-dealkylation sites (tertiary alicyclic amines) is 1. The third kappa shape index (κ3) is 2.98. The Morgan fingerprint density at radius 1 is 1.32 bits per heavy atom. The van der Waals surface area contributed by atoms with Gasteiger partial charge in [0.25, 0.3) is 0 Å². The van der Waals surface area contributed by atoms with Crippen molar-refractivity contribution < 1.29 is 9.90 Å². The topological polar surface area (TPSA) is 40.5 Å². The van der Waals surface area contributed by atoms with Crippen LogP contribution in [-0.2, 0) is 4.79 Å². The van der Waals surface area contributed by atoms with Crippen LogP contribution in [0.15, 0.2) is 24.3 Å². The van der Waals surface area contributed by atoms with Crippen molar-refractivity contribution in [3.8, 4) is 0 Å². The van der Waals surface area contributed by atoms with Gasteiger partial charge in [-0.05, 0) is 33.3 Å². The van der Waals surface area contributed by atoms with E-state index in [9.17, 15) is 9.90 Å². The Hall–Kier alpha value is -1.35. The molecule has 3 nitrogen and oxygen atoms in total. The third-order valence-electron chi connectivity index (χ3n) is 4.06. The monoisotopic (exact) mass is 261 g/mol. The predicted molar refractivity (Wildman–Crippen MR) is 76.4 cm³/mol. The molecule has 19 heavy (non-hydrogen) atoms. The second-order valence-corrected chi connectivity index (χ2v) is 6.54. The molecule has 2 unspecified atom stereocenters. The summed E-state index contributed by atoms with van der Waals surface area (Å²) in [4.78, 5) is 13.8. The number of hydrogen-bond acceptors (Lipinski definition) is 2. The zero-order valence-electron chi connectivity index (χ0n) is 12.2. The molecule has 0 bridgehead atoms. The normalized spacial score (nSPS) is 24.6. The summed E-state index contributed by atoms with van der Waals surface area (Å²) in [5.41, 5.74) is 2.36. The first-order valence-corrected chi connectivity index (χ1v) is 6.83. The fourth-order valence-electron chi connectivity index (χ4n) is 2.84. The van der Waals surface area contributed by atoms with Crippen LogP contribution in [0.25, 0.3) is 0 Å². The number of nitrogens with zero attached hydrogens (tertiary/aromatic N) is 1. The smallest absolute Gasteiger partial charge is 0.308 e. The summed E-state index contributed by atoms with van der Waals surface area (Å²) < 4.78 is 0. The SMILES string of the molecule is Cc1cccc(C2CN(C(C)(C)C)CC2C(=O)O)c1. The van der Waals surface area contributed by atoms with Gasteiger partial charge >= 0.3 is 5.97 Å². The number of aryl methyl sites for hydroxylation is 1. The molecule has 0 aliphatic carbocycles. The van der Waals surface area contributed by atoms with Crippen molar-refractivity contribution in [1.82, 2.24) is 4.90 Å². The molecule has 0 saturated carbocycles. The molecule has 2 rings (SSSR count). The number of carboxylic acid groups (broad SMARTS) is 1. The van der Waals surface area contributed by atoms with E-state index < -0.39 is 5.97 Å². The van der Waals surface area contributed by atoms with Crippen LogP contribution in [0, 0.1) is 12.8 Å². The standard InChI is InChI=1S/C16H23NO2/c1-11-6-5-7-12(8-11)13-9-17(16(2,3)4)10-14(13)15(18)19/h5-8,13-14H,9-10H2,1-4H3,(H,18,19). The molecule has 1 heterocycles. The van der Waals surface area contributed by atoms with Gasteiger partial charge in [0.05, 0.1) is 5.92 Å². The molecule has 0 spiro atoms. The first-order chi connectivity index (χ1) is 8.79. The number of benzene rings is 1. The average Bonchev–Trinajstić information content (AvgIpc) is 2.73. The lowest BCUT2D eigenvalue weighted by Crippen LogP contribution is -2.40. The van der Waals surface area contributed by atoms with Gasteiger partial charge in [-0.25, -0.2) is 0 Å². The van der Waals surface area contributed by atoms with Gasteiger partial charge in [-0.2, -0.15) is 0 Å². The maximum atomic E-state index is 11.5. The van der Waals surface area contributed by atoms with Gasteiger partial charge < -0.3 is 5.11 Å². The quantitative estimate of drug-likeness (QED) is 0.890. The van der Waals surface area contributed by atoms with E-state index in [1.54, 1.807) is 0 Å². The van der Waals surface area contributed by atoms with Gasteiger partial charge in [0.2, 0.25) is 0 Å². The van der Waals surface area contributed by atoms with Crippen molar-refractivity contribution in [1.29, 1.82) is 0 Å². The zero-order chi connectivity index (χ0) is 14.2. The van der Waals surface area contributed by atoms with Crippen molar-refractivity contribution in [3.63, 3.8) is 0 Å². The van der Waals surface area contributed by atoms with Crippen molar-refractivity contribution in [3.05, 3.63) is 35.4 Å². The second kappa shape index (κ2) is 4.97. The first kappa shape index (κ1) is 14.1. The van der Waals surface area contributed by atoms with E-state index in [0.717, 1.165) is 12.1 Å². The van der Waals surface area contributed by atoms with E-state index in [4.69, 9.17) is 0 Å². The van der Waals surface area contributed by atoms with Crippen molar-refractivity contribution in [2.75, 3.05) is 13.1 Å². The van der Waals surface area contributed by atoms with Crippen LogP contribution in [-0.4, -0.2) is 34.6 Å². The molecule has 3 heteroatoms. The summed E-state index contributed by atoms with van der Waals surface area (Å²) in [5.74, 6) is -0.893. The van der Waals surface area contributed by atoms with E-state index in [1.807, 2.05) is 6.07 Å². The molecule has 1 saturated heterocycles. The van der Waals surface area contributed by atoms with Crippen LogP contribution < -0.4 is 0 Å². The number of aliphatic carboxylic acids is 1. The molecule has 1 aliphatic rings. The van der Waals surface area contributed by atoms with E-state index in [2.05, 4.69) is 50.8 Å². The Balaban J connectivity index is 2.30. The van der Waals surface area contributed by atoms with E-state index in [1.165, 1.54) is 5.56 Å². The number of carbonyl (C=O) groups is 1. The highest BCUT2D eigenvalue weighted by molar-refractivity contribution is 5.72. The average molecular weight is 261 g/mol. The summed E-state index contributed by atoms with van der Waals surface area (Å²) in [7, 11) is 0. The van der Waals surface area contributed by atoms with Crippen LogP contribution in [0.3, 0.4) is 0 Å². The maximum absolute atomic E-state index is 11.5. The van der Waals surface area contributed by atoms with Gasteiger partial charge in [-0.3, -0.25) is 9.69 Å². The first-order valence-electron chi connectivity index (χ1n) is 6.83. The predicted octanol–water partition coefficient (Wildman–Crippen LogP) is 2.89. The summed E-state index contributed by atoms with van der Waals surface area (Å²) in [6.07, 6.45) is 0. The Morgan fingerprint density at radius 2 is 2.00 bits per heavy atom. The lowest BCUT2D eigenvalue weighted by atomic mass is 9.88. The van der Waals surface area contributed by atoms with Crippen LogP contribution in [0.1, 0.15) is 37.8 Å². The molecule has 104 valence electrons. The van der Waals surface area contributed by atoms with E-state index >= 15 is 0 Å². The van der Waals surface area contributed by atoms with Gasteiger partial charge in [0.1, 0.15) is 0 Å². The number of rotatable bonds is 2. The molecule has 1 fully saturated rings. The minimum atomic E-state index is -0.682. The third-order valence-corrected chi connectivity index (χ3v) is 4.06. The highest BCUT2D eigenvalue weighted by Gasteiger charge is 2.41. The zero-order valence-corrected chi connectivity index (χ0v) is 12.2. The van der Waals surface area contributed by atoms with Gasteiger partial charge in [0, 0.05) is 24.5 Å². The Bertz CT molecular complexity index is 476. The molecule has 2 atom stereocenters. The summed E-state index contributed by atoms with van der Waals surface area (Å²) in [6.45, 7) is 9.94. The molecule has 1 aromatic rings. The molecule has 1 aliphatic heterocycles. The fraction of sp³-hybridized carbons (Fsp3) is 0.562. The highest BCUT2D eigenvalue weighted by atomic mass is 16.4. The highest BCUT2D eigenvalue weighted by Crippen LogP contribution is 2.36. The molecular formula is C16H23NO2. The van der Waals surface area contributed by atoms with Crippen LogP contribution in [0.4, 0.5) is 0 Å². The molecular weight excluding hydrogens is 238 g/mol. The minimum Gasteiger partial charge on any atom is -0.481 e. The van der Waals surface area contributed by atoms with Gasteiger partial charge in [-0.15, -0.1) is 0 Å². The van der Waals surface area contributed by atoms with Crippen LogP contribution >= 0.6 is 0 Å². The Labute approximate surface area is 115 Å².